The Bertz CT molecular complexity index is 1440. The molecule has 0 radical (unpaired) electrons. The fourth-order valence-corrected chi connectivity index (χ4v) is 4.04. The Morgan fingerprint density at radius 3 is 2.59 bits per heavy atom. The van der Waals surface area contributed by atoms with E-state index in [9.17, 15) is 4.79 Å². The lowest BCUT2D eigenvalue weighted by molar-refractivity contribution is 0.669. The molecule has 5 aromatic rings. The Hall–Kier alpha value is -4.41. The molecule has 11 nitrogen and oxygen atoms in total. The summed E-state index contributed by atoms with van der Waals surface area (Å²) in [5, 5.41) is 22.3. The van der Waals surface area contributed by atoms with E-state index >= 15 is 0 Å². The van der Waals surface area contributed by atoms with E-state index in [1.165, 1.54) is 0 Å². The van der Waals surface area contributed by atoms with Gasteiger partial charge in [-0.15, -0.1) is 20.4 Å². The first-order chi connectivity index (χ1) is 16.7. The van der Waals surface area contributed by atoms with Gasteiger partial charge in [0.1, 0.15) is 6.33 Å². The van der Waals surface area contributed by atoms with Crippen LogP contribution in [0.3, 0.4) is 0 Å². The van der Waals surface area contributed by atoms with Crippen LogP contribution in [0.5, 0.6) is 0 Å². The zero-order valence-corrected chi connectivity index (χ0v) is 19.0. The first-order valence-electron chi connectivity index (χ1n) is 11.2. The summed E-state index contributed by atoms with van der Waals surface area (Å²) in [6.45, 7) is 5.17. The number of tetrazole rings is 1. The van der Waals surface area contributed by atoms with Gasteiger partial charge in [0.05, 0.1) is 6.54 Å². The summed E-state index contributed by atoms with van der Waals surface area (Å²) in [5.74, 6) is 1.06. The van der Waals surface area contributed by atoms with Crippen LogP contribution in [0.2, 0.25) is 0 Å². The van der Waals surface area contributed by atoms with E-state index in [1.807, 2.05) is 54.2 Å². The average molecular weight is 457 g/mol. The van der Waals surface area contributed by atoms with Crippen molar-refractivity contribution >= 4 is 0 Å². The van der Waals surface area contributed by atoms with Crippen LogP contribution in [-0.2, 0) is 19.5 Å². The van der Waals surface area contributed by atoms with Crippen molar-refractivity contribution < 1.29 is 0 Å². The first-order valence-corrected chi connectivity index (χ1v) is 11.2. The molecule has 0 amide bonds. The van der Waals surface area contributed by atoms with Crippen LogP contribution < -0.4 is 5.69 Å². The molecule has 0 bridgehead atoms. The number of hydrogen-bond acceptors (Lipinski definition) is 7. The molecule has 0 saturated heterocycles. The molecular weight excluding hydrogens is 432 g/mol. The van der Waals surface area contributed by atoms with Crippen LogP contribution in [0.15, 0.2) is 60.0 Å². The highest BCUT2D eigenvalue weighted by Gasteiger charge is 2.17. The SMILES string of the molecule is CCCc1cn(-c2nncn2CC)c(=O)n1Cc1cnccc1-c1ccc(-c2nn[nH]n2)cc1. The van der Waals surface area contributed by atoms with Crippen molar-refractivity contribution in [3.05, 3.63) is 77.0 Å². The van der Waals surface area contributed by atoms with Crippen LogP contribution >= 0.6 is 0 Å². The lowest BCUT2D eigenvalue weighted by Gasteiger charge is -2.12. The summed E-state index contributed by atoms with van der Waals surface area (Å²) in [5.41, 5.74) is 4.64. The normalized spacial score (nSPS) is 11.2. The number of hydrogen-bond donors (Lipinski definition) is 1. The van der Waals surface area contributed by atoms with Crippen molar-refractivity contribution in [2.75, 3.05) is 0 Å². The maximum Gasteiger partial charge on any atom is 0.335 e. The molecule has 0 aliphatic rings. The molecule has 1 aromatic carbocycles. The second-order valence-electron chi connectivity index (χ2n) is 7.87. The predicted molar refractivity (Wildman–Crippen MR) is 125 cm³/mol. The largest absolute Gasteiger partial charge is 0.335 e. The summed E-state index contributed by atoms with van der Waals surface area (Å²) >= 11 is 0. The van der Waals surface area contributed by atoms with Crippen molar-refractivity contribution in [3.63, 3.8) is 0 Å². The number of aryl methyl sites for hydroxylation is 2. The van der Waals surface area contributed by atoms with Crippen molar-refractivity contribution in [1.82, 2.24) is 49.5 Å². The van der Waals surface area contributed by atoms with E-state index < -0.39 is 0 Å². The van der Waals surface area contributed by atoms with E-state index in [-0.39, 0.29) is 5.69 Å². The quantitative estimate of drug-likeness (QED) is 0.380. The molecular formula is C23H24N10O. The number of benzene rings is 1. The van der Waals surface area contributed by atoms with Crippen LogP contribution in [0.25, 0.3) is 28.5 Å². The van der Waals surface area contributed by atoms with Gasteiger partial charge in [-0.3, -0.25) is 14.1 Å². The Labute approximate surface area is 195 Å². The highest BCUT2D eigenvalue weighted by molar-refractivity contribution is 5.69. The van der Waals surface area contributed by atoms with Gasteiger partial charge < -0.3 is 0 Å². The number of aromatic nitrogens is 10. The van der Waals surface area contributed by atoms with E-state index in [0.29, 0.717) is 24.9 Å². The number of rotatable bonds is 8. The molecule has 0 aliphatic heterocycles. The van der Waals surface area contributed by atoms with Gasteiger partial charge in [-0.2, -0.15) is 5.21 Å². The zero-order chi connectivity index (χ0) is 23.5. The summed E-state index contributed by atoms with van der Waals surface area (Å²) in [7, 11) is 0. The minimum Gasteiger partial charge on any atom is -0.299 e. The van der Waals surface area contributed by atoms with E-state index in [4.69, 9.17) is 0 Å². The zero-order valence-electron chi connectivity index (χ0n) is 19.0. The summed E-state index contributed by atoms with van der Waals surface area (Å²) in [6, 6.07) is 9.89. The second kappa shape index (κ2) is 9.22. The molecule has 0 unspecified atom stereocenters. The van der Waals surface area contributed by atoms with Crippen LogP contribution in [0.4, 0.5) is 0 Å². The minimum absolute atomic E-state index is 0.145. The van der Waals surface area contributed by atoms with Crippen LogP contribution in [0, 0.1) is 0 Å². The highest BCUT2D eigenvalue weighted by Crippen LogP contribution is 2.26. The van der Waals surface area contributed by atoms with Gasteiger partial charge in [-0.05, 0) is 41.3 Å². The van der Waals surface area contributed by atoms with Gasteiger partial charge in [0.2, 0.25) is 11.8 Å². The molecule has 4 aromatic heterocycles. The lowest BCUT2D eigenvalue weighted by atomic mass is 10.00. The molecule has 0 fully saturated rings. The van der Waals surface area contributed by atoms with Gasteiger partial charge in [0.25, 0.3) is 0 Å². The second-order valence-corrected chi connectivity index (χ2v) is 7.87. The smallest absolute Gasteiger partial charge is 0.299 e. The molecule has 34 heavy (non-hydrogen) atoms. The maximum atomic E-state index is 13.5. The monoisotopic (exact) mass is 456 g/mol. The number of nitrogens with zero attached hydrogens (tertiary/aromatic N) is 9. The van der Waals surface area contributed by atoms with Crippen molar-refractivity contribution in [1.29, 1.82) is 0 Å². The summed E-state index contributed by atoms with van der Waals surface area (Å²) in [6.07, 6.45) is 8.78. The van der Waals surface area contributed by atoms with Crippen molar-refractivity contribution in [3.8, 4) is 28.5 Å². The molecule has 0 aliphatic carbocycles. The number of pyridine rings is 1. The fraction of sp³-hybridized carbons (Fsp3) is 0.261. The van der Waals surface area contributed by atoms with Gasteiger partial charge in [0.15, 0.2) is 0 Å². The lowest BCUT2D eigenvalue weighted by Crippen LogP contribution is -2.26. The molecule has 0 atom stereocenters. The van der Waals surface area contributed by atoms with Crippen molar-refractivity contribution in [2.45, 2.75) is 39.8 Å². The van der Waals surface area contributed by atoms with Gasteiger partial charge in [0, 0.05) is 36.4 Å². The number of H-pyrrole nitrogens is 1. The number of aromatic amines is 1. The van der Waals surface area contributed by atoms with Crippen molar-refractivity contribution in [2.24, 2.45) is 0 Å². The van der Waals surface area contributed by atoms with E-state index in [2.05, 4.69) is 42.7 Å². The van der Waals surface area contributed by atoms with Gasteiger partial charge >= 0.3 is 5.69 Å². The summed E-state index contributed by atoms with van der Waals surface area (Å²) < 4.78 is 5.23. The van der Waals surface area contributed by atoms with Gasteiger partial charge in [-0.25, -0.2) is 9.36 Å². The highest BCUT2D eigenvalue weighted by atomic mass is 16.2. The molecule has 4 heterocycles. The molecule has 11 heteroatoms. The molecule has 0 saturated carbocycles. The molecule has 172 valence electrons. The topological polar surface area (TPSA) is 125 Å². The number of nitrogens with one attached hydrogen (secondary N) is 1. The summed E-state index contributed by atoms with van der Waals surface area (Å²) in [4.78, 5) is 17.8. The van der Waals surface area contributed by atoms with E-state index in [0.717, 1.165) is 40.8 Å². The van der Waals surface area contributed by atoms with E-state index in [1.54, 1.807) is 21.7 Å². The van der Waals surface area contributed by atoms with Crippen LogP contribution in [0.1, 0.15) is 31.5 Å². The first kappa shape index (κ1) is 21.4. The Balaban J connectivity index is 1.53. The Kier molecular flexibility index (Phi) is 5.81. The third kappa shape index (κ3) is 3.91. The van der Waals surface area contributed by atoms with Gasteiger partial charge in [-0.1, -0.05) is 37.6 Å². The third-order valence-electron chi connectivity index (χ3n) is 5.75. The third-order valence-corrected chi connectivity index (χ3v) is 5.75. The Morgan fingerprint density at radius 1 is 1.03 bits per heavy atom. The average Bonchev–Trinajstić information content (AvgIpc) is 3.62. The Morgan fingerprint density at radius 2 is 1.85 bits per heavy atom. The number of imidazole rings is 1. The maximum absolute atomic E-state index is 13.5. The molecule has 1 N–H and O–H groups in total. The minimum atomic E-state index is -0.145. The fourth-order valence-electron chi connectivity index (χ4n) is 4.04. The predicted octanol–water partition coefficient (Wildman–Crippen LogP) is 2.49. The molecule has 0 spiro atoms. The standard InChI is InChI=1S/C23H24N10O/c1-3-5-19-14-33(22-28-25-15-31(22)4-2)23(34)32(19)13-18-12-24-11-10-20(18)16-6-8-17(9-7-16)21-26-29-30-27-21/h6-12,14-15H,3-5,13H2,1-2H3,(H,26,27,29,30). The van der Waals surface area contributed by atoms with Crippen LogP contribution in [-0.4, -0.2) is 49.5 Å². The molecule has 5 rings (SSSR count).